The monoisotopic (exact) mass is 379 g/mol. The predicted molar refractivity (Wildman–Crippen MR) is 109 cm³/mol. The summed E-state index contributed by atoms with van der Waals surface area (Å²) < 4.78 is 0. The molecule has 2 heterocycles. The molecule has 0 saturated carbocycles. The molecule has 0 atom stereocenters. The van der Waals surface area contributed by atoms with Crippen molar-refractivity contribution in [1.82, 2.24) is 15.0 Å². The van der Waals surface area contributed by atoms with E-state index in [9.17, 15) is 4.79 Å². The van der Waals surface area contributed by atoms with Crippen LogP contribution in [0.4, 0.5) is 16.8 Å². The van der Waals surface area contributed by atoms with Crippen LogP contribution in [0.2, 0.25) is 0 Å². The zero-order valence-corrected chi connectivity index (χ0v) is 16.4. The maximum absolute atomic E-state index is 11.4. The fourth-order valence-electron chi connectivity index (χ4n) is 3.16. The lowest BCUT2D eigenvalue weighted by Gasteiger charge is -2.15. The molecule has 0 fully saturated rings. The topological polar surface area (TPSA) is 71.0 Å². The van der Waals surface area contributed by atoms with Gasteiger partial charge in [0.1, 0.15) is 11.5 Å². The number of Topliss-reactive ketones (excluding diaryl/α,β-unsaturated/α-hetero) is 1. The SMILES string of the molecule is CC(=O)Cc1cccc(Nc2ncc3c(n2)-c2nc(N(C)C)sc2CC3)c1. The van der Waals surface area contributed by atoms with E-state index in [1.807, 2.05) is 49.5 Å². The van der Waals surface area contributed by atoms with E-state index in [1.54, 1.807) is 18.3 Å². The van der Waals surface area contributed by atoms with Crippen LogP contribution in [0, 0.1) is 0 Å². The van der Waals surface area contributed by atoms with Gasteiger partial charge in [0.25, 0.3) is 0 Å². The van der Waals surface area contributed by atoms with E-state index in [0.717, 1.165) is 46.2 Å². The Kier molecular flexibility index (Phi) is 4.61. The Morgan fingerprint density at radius 1 is 1.22 bits per heavy atom. The third-order valence-electron chi connectivity index (χ3n) is 4.42. The lowest BCUT2D eigenvalue weighted by atomic mass is 10.00. The smallest absolute Gasteiger partial charge is 0.227 e. The fraction of sp³-hybridized carbons (Fsp3) is 0.300. The van der Waals surface area contributed by atoms with Crippen molar-refractivity contribution in [3.05, 3.63) is 46.5 Å². The lowest BCUT2D eigenvalue weighted by molar-refractivity contribution is -0.116. The van der Waals surface area contributed by atoms with Crippen LogP contribution in [0.3, 0.4) is 0 Å². The number of rotatable bonds is 5. The number of hydrogen-bond donors (Lipinski definition) is 1. The predicted octanol–water partition coefficient (Wildman–Crippen LogP) is 3.64. The van der Waals surface area contributed by atoms with Gasteiger partial charge in [-0.05, 0) is 43.0 Å². The van der Waals surface area contributed by atoms with Crippen molar-refractivity contribution in [2.45, 2.75) is 26.2 Å². The number of thiazole rings is 1. The van der Waals surface area contributed by atoms with Gasteiger partial charge in [0.15, 0.2) is 5.13 Å². The van der Waals surface area contributed by atoms with Crippen LogP contribution in [0.15, 0.2) is 30.5 Å². The van der Waals surface area contributed by atoms with Crippen molar-refractivity contribution < 1.29 is 4.79 Å². The number of nitrogens with zero attached hydrogens (tertiary/aromatic N) is 4. The molecule has 0 aliphatic heterocycles. The molecule has 0 saturated heterocycles. The van der Waals surface area contributed by atoms with Crippen LogP contribution in [0.5, 0.6) is 0 Å². The zero-order valence-electron chi connectivity index (χ0n) is 15.6. The molecule has 0 unspecified atom stereocenters. The summed E-state index contributed by atoms with van der Waals surface area (Å²) in [4.78, 5) is 28.7. The number of fused-ring (bicyclic) bond motifs is 3. The summed E-state index contributed by atoms with van der Waals surface area (Å²) >= 11 is 1.73. The molecule has 1 N–H and O–H groups in total. The second kappa shape index (κ2) is 7.08. The molecule has 3 aromatic rings. The molecule has 27 heavy (non-hydrogen) atoms. The number of carbonyl (C=O) groups excluding carboxylic acids is 1. The maximum Gasteiger partial charge on any atom is 0.227 e. The Hall–Kier alpha value is -2.80. The van der Waals surface area contributed by atoms with Gasteiger partial charge >= 0.3 is 0 Å². The summed E-state index contributed by atoms with van der Waals surface area (Å²) in [5.74, 6) is 0.686. The third kappa shape index (κ3) is 3.68. The van der Waals surface area contributed by atoms with Crippen LogP contribution in [-0.4, -0.2) is 34.8 Å². The largest absolute Gasteiger partial charge is 0.354 e. The number of ketones is 1. The lowest BCUT2D eigenvalue weighted by Crippen LogP contribution is -2.09. The van der Waals surface area contributed by atoms with Crippen LogP contribution >= 0.6 is 11.3 Å². The van der Waals surface area contributed by atoms with Gasteiger partial charge in [-0.3, -0.25) is 4.79 Å². The van der Waals surface area contributed by atoms with Crippen LogP contribution in [-0.2, 0) is 24.1 Å². The summed E-state index contributed by atoms with van der Waals surface area (Å²) in [6.45, 7) is 1.60. The number of aryl methyl sites for hydroxylation is 2. The Labute approximate surface area is 162 Å². The van der Waals surface area contributed by atoms with Gasteiger partial charge in [-0.2, -0.15) is 0 Å². The minimum atomic E-state index is 0.143. The molecule has 0 amide bonds. The average Bonchev–Trinajstić information content (AvgIpc) is 3.06. The highest BCUT2D eigenvalue weighted by atomic mass is 32.1. The van der Waals surface area contributed by atoms with Crippen LogP contribution in [0.25, 0.3) is 11.4 Å². The molecule has 1 aliphatic rings. The van der Waals surface area contributed by atoms with Gasteiger partial charge in [0.05, 0.1) is 5.69 Å². The molecule has 0 radical (unpaired) electrons. The fourth-order valence-corrected chi connectivity index (χ4v) is 4.15. The van der Waals surface area contributed by atoms with Crippen molar-refractivity contribution in [1.29, 1.82) is 0 Å². The van der Waals surface area contributed by atoms with Crippen molar-refractivity contribution in [2.24, 2.45) is 0 Å². The molecule has 1 aromatic carbocycles. The standard InChI is InChI=1S/C20H21N5OS/c1-12(26)9-13-5-4-6-15(10-13)22-19-21-11-14-7-8-16-18(17(14)23-19)24-20(27-16)25(2)3/h4-6,10-11H,7-9H2,1-3H3,(H,21,22,23). The summed E-state index contributed by atoms with van der Waals surface area (Å²) in [6.07, 6.45) is 4.24. The molecule has 138 valence electrons. The summed E-state index contributed by atoms with van der Waals surface area (Å²) in [5.41, 5.74) is 4.87. The van der Waals surface area contributed by atoms with Gasteiger partial charge in [-0.15, -0.1) is 11.3 Å². The first kappa shape index (κ1) is 17.6. The van der Waals surface area contributed by atoms with Crippen LogP contribution in [0.1, 0.15) is 22.9 Å². The molecular formula is C20H21N5OS. The van der Waals surface area contributed by atoms with Gasteiger partial charge < -0.3 is 10.2 Å². The van der Waals surface area contributed by atoms with Crippen molar-refractivity contribution in [3.63, 3.8) is 0 Å². The van der Waals surface area contributed by atoms with E-state index in [0.29, 0.717) is 12.4 Å². The molecule has 2 aromatic heterocycles. The molecule has 1 aliphatic carbocycles. The summed E-state index contributed by atoms with van der Waals surface area (Å²) in [5, 5.41) is 4.26. The molecular weight excluding hydrogens is 358 g/mol. The van der Waals surface area contributed by atoms with E-state index in [1.165, 1.54) is 4.88 Å². The van der Waals surface area contributed by atoms with Crippen molar-refractivity contribution in [3.8, 4) is 11.4 Å². The number of carbonyl (C=O) groups is 1. The molecule has 7 heteroatoms. The van der Waals surface area contributed by atoms with E-state index in [4.69, 9.17) is 9.97 Å². The van der Waals surface area contributed by atoms with Crippen LogP contribution < -0.4 is 10.2 Å². The first-order chi connectivity index (χ1) is 13.0. The quantitative estimate of drug-likeness (QED) is 0.730. The van der Waals surface area contributed by atoms with Gasteiger partial charge in [0.2, 0.25) is 5.95 Å². The average molecular weight is 379 g/mol. The first-order valence-corrected chi connectivity index (χ1v) is 9.70. The highest BCUT2D eigenvalue weighted by Gasteiger charge is 2.23. The highest BCUT2D eigenvalue weighted by molar-refractivity contribution is 7.16. The normalized spacial score (nSPS) is 12.3. The minimum absolute atomic E-state index is 0.143. The Morgan fingerprint density at radius 2 is 2.07 bits per heavy atom. The van der Waals surface area contributed by atoms with Crippen molar-refractivity contribution >= 4 is 33.9 Å². The Balaban J connectivity index is 1.64. The number of aromatic nitrogens is 3. The first-order valence-electron chi connectivity index (χ1n) is 8.88. The number of benzene rings is 1. The molecule has 0 spiro atoms. The van der Waals surface area contributed by atoms with E-state index in [-0.39, 0.29) is 5.78 Å². The van der Waals surface area contributed by atoms with Gasteiger partial charge in [-0.1, -0.05) is 12.1 Å². The van der Waals surface area contributed by atoms with Gasteiger partial charge in [-0.25, -0.2) is 15.0 Å². The molecule has 6 nitrogen and oxygen atoms in total. The van der Waals surface area contributed by atoms with E-state index in [2.05, 4.69) is 10.3 Å². The van der Waals surface area contributed by atoms with E-state index < -0.39 is 0 Å². The summed E-state index contributed by atoms with van der Waals surface area (Å²) in [7, 11) is 4.01. The second-order valence-corrected chi connectivity index (χ2v) is 8.00. The minimum Gasteiger partial charge on any atom is -0.354 e. The summed E-state index contributed by atoms with van der Waals surface area (Å²) in [6, 6.07) is 7.79. The van der Waals surface area contributed by atoms with Crippen molar-refractivity contribution in [2.75, 3.05) is 24.3 Å². The second-order valence-electron chi connectivity index (χ2n) is 6.93. The van der Waals surface area contributed by atoms with E-state index >= 15 is 0 Å². The number of anilines is 3. The third-order valence-corrected chi connectivity index (χ3v) is 5.70. The molecule has 4 rings (SSSR count). The maximum atomic E-state index is 11.4. The Bertz CT molecular complexity index is 1010. The highest BCUT2D eigenvalue weighted by Crippen LogP contribution is 2.38. The number of hydrogen-bond acceptors (Lipinski definition) is 7. The van der Waals surface area contributed by atoms with Gasteiger partial charge in [0, 0.05) is 37.3 Å². The Morgan fingerprint density at radius 3 is 2.85 bits per heavy atom. The number of nitrogens with one attached hydrogen (secondary N) is 1. The molecule has 0 bridgehead atoms. The zero-order chi connectivity index (χ0) is 19.0.